The van der Waals surface area contributed by atoms with Gasteiger partial charge in [-0.15, -0.1) is 0 Å². The predicted molar refractivity (Wildman–Crippen MR) is 97.2 cm³/mol. The molecule has 2 unspecified atom stereocenters. The molecular formula is C23H32O2. The van der Waals surface area contributed by atoms with Gasteiger partial charge in [-0.25, -0.2) is 0 Å². The molecule has 6 rings (SSSR count). The highest BCUT2D eigenvalue weighted by Gasteiger charge is 2.63. The van der Waals surface area contributed by atoms with Crippen LogP contribution < -0.4 is 0 Å². The second-order valence-corrected chi connectivity index (χ2v) is 10.5. The van der Waals surface area contributed by atoms with E-state index in [-0.39, 0.29) is 0 Å². The molecule has 0 radical (unpaired) electrons. The van der Waals surface area contributed by atoms with Gasteiger partial charge in [0.05, 0.1) is 24.7 Å². The maximum Gasteiger partial charge on any atom is 0.0937 e. The van der Waals surface area contributed by atoms with Crippen molar-refractivity contribution in [2.45, 2.75) is 83.3 Å². The van der Waals surface area contributed by atoms with Gasteiger partial charge in [-0.3, -0.25) is 0 Å². The molecule has 0 bridgehead atoms. The zero-order chi connectivity index (χ0) is 16.8. The quantitative estimate of drug-likeness (QED) is 0.605. The lowest BCUT2D eigenvalue weighted by atomic mass is 9.45. The van der Waals surface area contributed by atoms with Crippen LogP contribution in [-0.4, -0.2) is 12.2 Å². The summed E-state index contributed by atoms with van der Waals surface area (Å²) >= 11 is 0. The van der Waals surface area contributed by atoms with E-state index in [1.165, 1.54) is 56.9 Å². The minimum atomic E-state index is 0.502. The molecule has 2 heterocycles. The normalized spacial score (nSPS) is 56.5. The van der Waals surface area contributed by atoms with Crippen LogP contribution in [0.2, 0.25) is 0 Å². The van der Waals surface area contributed by atoms with Crippen LogP contribution in [0.15, 0.2) is 23.0 Å². The van der Waals surface area contributed by atoms with Crippen molar-refractivity contribution in [1.82, 2.24) is 0 Å². The van der Waals surface area contributed by atoms with Crippen LogP contribution in [0.5, 0.6) is 0 Å². The van der Waals surface area contributed by atoms with Gasteiger partial charge in [0.15, 0.2) is 0 Å². The summed E-state index contributed by atoms with van der Waals surface area (Å²) < 4.78 is 11.4. The first-order valence-corrected chi connectivity index (χ1v) is 10.8. The van der Waals surface area contributed by atoms with E-state index in [2.05, 4.69) is 19.9 Å². The summed E-state index contributed by atoms with van der Waals surface area (Å²) in [6.07, 6.45) is 16.5. The van der Waals surface area contributed by atoms with Gasteiger partial charge in [-0.2, -0.15) is 0 Å². The van der Waals surface area contributed by atoms with Gasteiger partial charge in [0.2, 0.25) is 0 Å². The zero-order valence-corrected chi connectivity index (χ0v) is 15.7. The Bertz CT molecular complexity index is 666. The van der Waals surface area contributed by atoms with Crippen molar-refractivity contribution >= 4 is 0 Å². The summed E-state index contributed by atoms with van der Waals surface area (Å²) in [7, 11) is 0. The fraction of sp³-hybridized carbons (Fsp3) is 0.826. The van der Waals surface area contributed by atoms with E-state index in [9.17, 15) is 0 Å². The second kappa shape index (κ2) is 4.94. The molecule has 0 N–H and O–H groups in total. The molecule has 0 aromatic carbocycles. The summed E-state index contributed by atoms with van der Waals surface area (Å²) in [5.74, 6) is 4.52. The van der Waals surface area contributed by atoms with Crippen LogP contribution in [0.4, 0.5) is 0 Å². The summed E-state index contributed by atoms with van der Waals surface area (Å²) in [6.45, 7) is 5.27. The third-order valence-electron chi connectivity index (χ3n) is 9.86. The number of hydrogen-bond donors (Lipinski definition) is 0. The van der Waals surface area contributed by atoms with E-state index in [1.54, 1.807) is 0 Å². The van der Waals surface area contributed by atoms with Crippen LogP contribution in [0.3, 0.4) is 0 Å². The van der Waals surface area contributed by atoms with Crippen molar-refractivity contribution in [3.05, 3.63) is 24.2 Å². The fourth-order valence-corrected chi connectivity index (χ4v) is 8.54. The second-order valence-electron chi connectivity index (χ2n) is 10.5. The van der Waals surface area contributed by atoms with Crippen LogP contribution in [-0.2, 0) is 4.74 Å². The minimum Gasteiger partial charge on any atom is -0.472 e. The number of ether oxygens (including phenoxy) is 1. The smallest absolute Gasteiger partial charge is 0.0937 e. The van der Waals surface area contributed by atoms with E-state index in [4.69, 9.17) is 9.15 Å². The SMILES string of the molecule is C[C@]12CC3OC3C[C@@H]1CC[C@@H]1[C@@H]2CC[C@]2(C)[C@@H](c3ccoc3)CC[C@@H]12. The number of hydrogen-bond acceptors (Lipinski definition) is 2. The topological polar surface area (TPSA) is 25.7 Å². The van der Waals surface area contributed by atoms with Crippen molar-refractivity contribution in [1.29, 1.82) is 0 Å². The average molecular weight is 341 g/mol. The summed E-state index contributed by atoms with van der Waals surface area (Å²) in [4.78, 5) is 0. The lowest BCUT2D eigenvalue weighted by molar-refractivity contribution is -0.101. The molecule has 0 spiro atoms. The molecule has 0 amide bonds. The Balaban J connectivity index is 1.32. The molecule has 1 saturated heterocycles. The number of epoxide rings is 1. The Hall–Kier alpha value is -0.760. The van der Waals surface area contributed by atoms with Crippen molar-refractivity contribution < 1.29 is 9.15 Å². The Morgan fingerprint density at radius 1 is 0.960 bits per heavy atom. The van der Waals surface area contributed by atoms with Gasteiger partial charge >= 0.3 is 0 Å². The highest BCUT2D eigenvalue weighted by Crippen LogP contribution is 2.70. The average Bonchev–Trinajstić information content (AvgIpc) is 2.98. The summed E-state index contributed by atoms with van der Waals surface area (Å²) in [6, 6.07) is 2.23. The predicted octanol–water partition coefficient (Wildman–Crippen LogP) is 5.78. The first-order valence-electron chi connectivity index (χ1n) is 10.8. The Kier molecular flexibility index (Phi) is 3.03. The van der Waals surface area contributed by atoms with Crippen molar-refractivity contribution in [3.63, 3.8) is 0 Å². The lowest BCUT2D eigenvalue weighted by Gasteiger charge is -2.60. The van der Waals surface area contributed by atoms with Gasteiger partial charge in [0.25, 0.3) is 0 Å². The summed E-state index contributed by atoms with van der Waals surface area (Å²) in [5.41, 5.74) is 2.53. The Morgan fingerprint density at radius 2 is 1.84 bits per heavy atom. The van der Waals surface area contributed by atoms with Crippen molar-refractivity contribution in [3.8, 4) is 0 Å². The molecular weight excluding hydrogens is 308 g/mol. The highest BCUT2D eigenvalue weighted by atomic mass is 16.6. The first-order chi connectivity index (χ1) is 12.1. The molecule has 4 saturated carbocycles. The van der Waals surface area contributed by atoms with Gasteiger partial charge in [0.1, 0.15) is 0 Å². The van der Waals surface area contributed by atoms with E-state index in [1.807, 2.05) is 12.5 Å². The van der Waals surface area contributed by atoms with Crippen molar-refractivity contribution in [2.24, 2.45) is 34.5 Å². The maximum absolute atomic E-state index is 5.98. The molecule has 5 aliphatic rings. The third kappa shape index (κ3) is 1.95. The number of furan rings is 1. The van der Waals surface area contributed by atoms with Gasteiger partial charge in [-0.1, -0.05) is 13.8 Å². The van der Waals surface area contributed by atoms with E-state index >= 15 is 0 Å². The third-order valence-corrected chi connectivity index (χ3v) is 9.86. The molecule has 2 heteroatoms. The van der Waals surface area contributed by atoms with Crippen molar-refractivity contribution in [2.75, 3.05) is 0 Å². The first kappa shape index (κ1) is 15.3. The highest BCUT2D eigenvalue weighted by molar-refractivity contribution is 5.22. The van der Waals surface area contributed by atoms with Gasteiger partial charge in [-0.05, 0) is 103 Å². The molecule has 1 aliphatic heterocycles. The Labute approximate surface area is 151 Å². The monoisotopic (exact) mass is 340 g/mol. The van der Waals surface area contributed by atoms with Crippen LogP contribution in [0.25, 0.3) is 0 Å². The van der Waals surface area contributed by atoms with Gasteiger partial charge in [0, 0.05) is 0 Å². The maximum atomic E-state index is 5.98. The molecule has 136 valence electrons. The minimum absolute atomic E-state index is 0.502. The van der Waals surface area contributed by atoms with Crippen LogP contribution in [0.1, 0.15) is 76.7 Å². The lowest BCUT2D eigenvalue weighted by Crippen LogP contribution is -2.53. The molecule has 2 nitrogen and oxygen atoms in total. The molecule has 4 aliphatic carbocycles. The fourth-order valence-electron chi connectivity index (χ4n) is 8.54. The molecule has 9 atom stereocenters. The molecule has 1 aromatic heterocycles. The largest absolute Gasteiger partial charge is 0.472 e. The van der Waals surface area contributed by atoms with Crippen LogP contribution in [0, 0.1) is 34.5 Å². The van der Waals surface area contributed by atoms with E-state index in [0.717, 1.165) is 29.6 Å². The van der Waals surface area contributed by atoms with E-state index in [0.29, 0.717) is 23.0 Å². The molecule has 25 heavy (non-hydrogen) atoms. The van der Waals surface area contributed by atoms with E-state index < -0.39 is 0 Å². The standard InChI is InChI=1S/C23H32O2/c1-22-9-7-19-16(18(22)6-5-17(22)14-8-10-24-13-14)4-3-15-11-20-21(25-20)12-23(15,19)2/h8,10,13,15-21H,3-7,9,11-12H2,1-2H3/t15-,16-,17+,18-,19-,20?,21?,22+,23-/m0/s1. The number of rotatable bonds is 1. The summed E-state index contributed by atoms with van der Waals surface area (Å²) in [5, 5.41) is 0. The number of fused-ring (bicyclic) bond motifs is 6. The van der Waals surface area contributed by atoms with Crippen LogP contribution >= 0.6 is 0 Å². The Morgan fingerprint density at radius 3 is 2.68 bits per heavy atom. The molecule has 1 aromatic rings. The zero-order valence-electron chi connectivity index (χ0n) is 15.7. The molecule has 5 fully saturated rings. The van der Waals surface area contributed by atoms with Gasteiger partial charge < -0.3 is 9.15 Å².